The lowest BCUT2D eigenvalue weighted by Gasteiger charge is -2.11. The van der Waals surface area contributed by atoms with E-state index in [4.69, 9.17) is 4.74 Å². The fourth-order valence-electron chi connectivity index (χ4n) is 3.39. The number of amides is 1. The number of hydrogen-bond acceptors (Lipinski definition) is 5. The number of hydrogen-bond donors (Lipinski definition) is 1. The molecule has 1 amide bonds. The van der Waals surface area contributed by atoms with Gasteiger partial charge in [-0.1, -0.05) is 12.1 Å². The third-order valence-corrected chi connectivity index (χ3v) is 5.63. The molecule has 0 bridgehead atoms. The summed E-state index contributed by atoms with van der Waals surface area (Å²) in [6.07, 6.45) is 0.0671. The van der Waals surface area contributed by atoms with Crippen LogP contribution in [0.1, 0.15) is 35.1 Å². The average Bonchev–Trinajstić information content (AvgIpc) is 3.39. The molecule has 4 rings (SSSR count). The highest BCUT2D eigenvalue weighted by Crippen LogP contribution is 2.32. The number of methoxy groups -OCH3 is 1. The Labute approximate surface area is 190 Å². The van der Waals surface area contributed by atoms with Crippen LogP contribution in [0.3, 0.4) is 0 Å². The molecule has 0 saturated carbocycles. The minimum Gasteiger partial charge on any atom is -0.496 e. The van der Waals surface area contributed by atoms with Gasteiger partial charge in [0.15, 0.2) is 5.65 Å². The second-order valence-corrected chi connectivity index (χ2v) is 7.65. The molecule has 0 unspecified atom stereocenters. The Kier molecular flexibility index (Phi) is 6.17. The van der Waals surface area contributed by atoms with E-state index in [1.54, 1.807) is 35.1 Å². The molecule has 32 heavy (non-hydrogen) atoms. The number of halogens is 3. The van der Waals surface area contributed by atoms with Crippen LogP contribution in [0.15, 0.2) is 47.2 Å². The summed E-state index contributed by atoms with van der Waals surface area (Å²) in [6, 6.07) is 8.20. The Bertz CT molecular complexity index is 1290. The van der Waals surface area contributed by atoms with E-state index in [0.29, 0.717) is 17.9 Å². The number of benzene rings is 1. The largest absolute Gasteiger partial charge is 0.496 e. The number of rotatable bonds is 7. The van der Waals surface area contributed by atoms with Crippen molar-refractivity contribution >= 4 is 27.5 Å². The van der Waals surface area contributed by atoms with Crippen LogP contribution in [0.5, 0.6) is 5.75 Å². The maximum atomic E-state index is 13.8. The van der Waals surface area contributed by atoms with E-state index >= 15 is 0 Å². The zero-order chi connectivity index (χ0) is 22.8. The summed E-state index contributed by atoms with van der Waals surface area (Å²) >= 11 is 3.41. The maximum Gasteiger partial charge on any atom is 0.280 e. The summed E-state index contributed by atoms with van der Waals surface area (Å²) in [5.74, 6) is -0.00610. The Morgan fingerprint density at radius 3 is 2.75 bits per heavy atom. The van der Waals surface area contributed by atoms with Crippen LogP contribution in [-0.2, 0) is 13.1 Å². The van der Waals surface area contributed by atoms with E-state index < -0.39 is 12.3 Å². The van der Waals surface area contributed by atoms with Gasteiger partial charge in [0, 0.05) is 12.1 Å². The van der Waals surface area contributed by atoms with E-state index in [9.17, 15) is 13.6 Å². The normalized spacial score (nSPS) is 11.3. The van der Waals surface area contributed by atoms with Crippen molar-refractivity contribution in [3.8, 4) is 17.0 Å². The molecule has 166 valence electrons. The third-order valence-electron chi connectivity index (χ3n) is 4.96. The van der Waals surface area contributed by atoms with Crippen molar-refractivity contribution in [1.82, 2.24) is 29.7 Å². The summed E-state index contributed by atoms with van der Waals surface area (Å²) in [5.41, 5.74) is 1.32. The lowest BCUT2D eigenvalue weighted by Crippen LogP contribution is -2.24. The van der Waals surface area contributed by atoms with Gasteiger partial charge in [0.05, 0.1) is 41.9 Å². The maximum absolute atomic E-state index is 13.8. The number of aromatic nitrogens is 5. The molecule has 0 aliphatic carbocycles. The molecule has 3 heterocycles. The number of carbonyl (C=O) groups is 1. The third kappa shape index (κ3) is 3.95. The topological polar surface area (TPSA) is 86.3 Å². The van der Waals surface area contributed by atoms with Crippen LogP contribution >= 0.6 is 15.9 Å². The Morgan fingerprint density at radius 2 is 2.03 bits per heavy atom. The molecular weight excluding hydrogens is 486 g/mol. The second-order valence-electron chi connectivity index (χ2n) is 6.80. The smallest absolute Gasteiger partial charge is 0.280 e. The molecule has 0 aliphatic heterocycles. The minimum atomic E-state index is -2.82. The molecule has 1 N–H and O–H groups in total. The van der Waals surface area contributed by atoms with Gasteiger partial charge < -0.3 is 10.1 Å². The van der Waals surface area contributed by atoms with E-state index in [1.807, 2.05) is 6.92 Å². The van der Waals surface area contributed by atoms with Crippen molar-refractivity contribution in [3.63, 3.8) is 0 Å². The first-order chi connectivity index (χ1) is 15.4. The van der Waals surface area contributed by atoms with E-state index in [0.717, 1.165) is 14.7 Å². The SMILES string of the molecule is CCn1ncc(Br)c1CNC(=O)c1cnn2c(C(F)F)cc(-c3ccccc3OC)nc12. The average molecular weight is 505 g/mol. The van der Waals surface area contributed by atoms with E-state index in [2.05, 4.69) is 36.4 Å². The van der Waals surface area contributed by atoms with Gasteiger partial charge in [0.2, 0.25) is 0 Å². The van der Waals surface area contributed by atoms with Crippen LogP contribution in [0, 0.1) is 0 Å². The van der Waals surface area contributed by atoms with Gasteiger partial charge in [-0.25, -0.2) is 18.3 Å². The standard InChI is InChI=1S/C21H19BrF2N6O2/c1-3-29-17(14(22)10-26-29)11-25-21(31)13-9-27-30-16(19(23)24)8-15(28-20(13)30)12-6-4-5-7-18(12)32-2/h4-10,19H,3,11H2,1-2H3,(H,25,31). The van der Waals surface area contributed by atoms with Gasteiger partial charge in [-0.2, -0.15) is 10.2 Å². The molecule has 0 fully saturated rings. The molecule has 0 radical (unpaired) electrons. The van der Waals surface area contributed by atoms with Crippen molar-refractivity contribution in [2.24, 2.45) is 0 Å². The van der Waals surface area contributed by atoms with Gasteiger partial charge in [-0.3, -0.25) is 9.48 Å². The molecule has 11 heteroatoms. The zero-order valence-electron chi connectivity index (χ0n) is 17.2. The fourth-order valence-corrected chi connectivity index (χ4v) is 3.83. The van der Waals surface area contributed by atoms with Crippen LogP contribution in [0.4, 0.5) is 8.78 Å². The molecule has 0 spiro atoms. The minimum absolute atomic E-state index is 0.0317. The fraction of sp³-hybridized carbons (Fsp3) is 0.238. The molecule has 8 nitrogen and oxygen atoms in total. The van der Waals surface area contributed by atoms with Crippen LogP contribution < -0.4 is 10.1 Å². The first kappa shape index (κ1) is 21.9. The molecular formula is C21H19BrF2N6O2. The van der Waals surface area contributed by atoms with Crippen molar-refractivity contribution in [3.05, 3.63) is 64.1 Å². The summed E-state index contributed by atoms with van der Waals surface area (Å²) in [4.78, 5) is 17.4. The highest BCUT2D eigenvalue weighted by Gasteiger charge is 2.22. The van der Waals surface area contributed by atoms with Gasteiger partial charge >= 0.3 is 0 Å². The summed E-state index contributed by atoms with van der Waals surface area (Å²) in [7, 11) is 1.49. The second kappa shape index (κ2) is 9.03. The highest BCUT2D eigenvalue weighted by atomic mass is 79.9. The van der Waals surface area contributed by atoms with Crippen LogP contribution in [-0.4, -0.2) is 37.4 Å². The molecule has 1 aromatic carbocycles. The number of nitrogens with one attached hydrogen (secondary N) is 1. The number of ether oxygens (including phenoxy) is 1. The number of alkyl halides is 2. The van der Waals surface area contributed by atoms with Crippen LogP contribution in [0.2, 0.25) is 0 Å². The van der Waals surface area contributed by atoms with E-state index in [1.165, 1.54) is 19.4 Å². The lowest BCUT2D eigenvalue weighted by molar-refractivity contribution is 0.0951. The van der Waals surface area contributed by atoms with Crippen LogP contribution in [0.25, 0.3) is 16.9 Å². The predicted molar refractivity (Wildman–Crippen MR) is 117 cm³/mol. The number of aryl methyl sites for hydroxylation is 1. The van der Waals surface area contributed by atoms with Gasteiger partial charge in [-0.05, 0) is 41.1 Å². The summed E-state index contributed by atoms with van der Waals surface area (Å²) < 4.78 is 36.5. The van der Waals surface area contributed by atoms with Crippen molar-refractivity contribution in [2.45, 2.75) is 26.4 Å². The van der Waals surface area contributed by atoms with Gasteiger partial charge in [0.25, 0.3) is 12.3 Å². The van der Waals surface area contributed by atoms with Crippen molar-refractivity contribution < 1.29 is 18.3 Å². The number of fused-ring (bicyclic) bond motifs is 1. The number of carbonyl (C=O) groups excluding carboxylic acids is 1. The summed E-state index contributed by atoms with van der Waals surface area (Å²) in [5, 5.41) is 11.0. The Balaban J connectivity index is 1.75. The molecule has 4 aromatic rings. The summed E-state index contributed by atoms with van der Waals surface area (Å²) in [6.45, 7) is 2.76. The molecule has 3 aromatic heterocycles. The Hall–Kier alpha value is -3.34. The lowest BCUT2D eigenvalue weighted by atomic mass is 10.1. The molecule has 0 saturated heterocycles. The first-order valence-electron chi connectivity index (χ1n) is 9.73. The van der Waals surface area contributed by atoms with Crippen molar-refractivity contribution in [1.29, 1.82) is 0 Å². The van der Waals surface area contributed by atoms with Gasteiger partial charge in [0.1, 0.15) is 17.0 Å². The first-order valence-corrected chi connectivity index (χ1v) is 10.5. The number of nitrogens with zero attached hydrogens (tertiary/aromatic N) is 5. The predicted octanol–water partition coefficient (Wildman–Crippen LogP) is 4.25. The Morgan fingerprint density at radius 1 is 1.25 bits per heavy atom. The molecule has 0 atom stereocenters. The monoisotopic (exact) mass is 504 g/mol. The van der Waals surface area contributed by atoms with Gasteiger partial charge in [-0.15, -0.1) is 0 Å². The highest BCUT2D eigenvalue weighted by molar-refractivity contribution is 9.10. The number of para-hydroxylation sites is 1. The molecule has 0 aliphatic rings. The van der Waals surface area contributed by atoms with E-state index in [-0.39, 0.29) is 29.1 Å². The van der Waals surface area contributed by atoms with Crippen molar-refractivity contribution in [2.75, 3.05) is 7.11 Å². The quantitative estimate of drug-likeness (QED) is 0.406. The zero-order valence-corrected chi connectivity index (χ0v) is 18.8.